The van der Waals surface area contributed by atoms with Crippen LogP contribution in [0.4, 0.5) is 17.6 Å². The molecule has 0 aromatic heterocycles. The third-order valence-electron chi connectivity index (χ3n) is 3.38. The third kappa shape index (κ3) is 4.42. The van der Waals surface area contributed by atoms with Crippen molar-refractivity contribution in [3.63, 3.8) is 0 Å². The first-order valence-corrected chi connectivity index (χ1v) is 6.32. The van der Waals surface area contributed by atoms with Gasteiger partial charge in [-0.15, -0.1) is 0 Å². The molecule has 0 saturated carbocycles. The molecule has 0 aliphatic rings. The molecule has 1 aromatic carbocycles. The molecule has 0 fully saturated rings. The molecular formula is C14H17F4NO2. The number of benzene rings is 1. The number of hydrogen-bond donors (Lipinski definition) is 2. The van der Waals surface area contributed by atoms with Gasteiger partial charge in [0.15, 0.2) is 0 Å². The fourth-order valence-electron chi connectivity index (χ4n) is 1.51. The molecule has 1 amide bonds. The lowest BCUT2D eigenvalue weighted by Gasteiger charge is -2.28. The van der Waals surface area contributed by atoms with Gasteiger partial charge in [0.25, 0.3) is 5.91 Å². The summed E-state index contributed by atoms with van der Waals surface area (Å²) in [7, 11) is 0. The lowest BCUT2D eigenvalue weighted by molar-refractivity contribution is -0.138. The first kappa shape index (κ1) is 17.4. The van der Waals surface area contributed by atoms with Crippen molar-refractivity contribution in [2.45, 2.75) is 32.5 Å². The molecule has 118 valence electrons. The van der Waals surface area contributed by atoms with Crippen molar-refractivity contribution in [2.75, 3.05) is 6.54 Å². The van der Waals surface area contributed by atoms with E-state index in [1.54, 1.807) is 13.8 Å². The molecule has 1 rings (SSSR count). The zero-order valence-electron chi connectivity index (χ0n) is 11.9. The first-order valence-electron chi connectivity index (χ1n) is 6.32. The van der Waals surface area contributed by atoms with Gasteiger partial charge in [0, 0.05) is 6.54 Å². The number of nitrogens with one attached hydrogen (secondary N) is 1. The van der Waals surface area contributed by atoms with Crippen LogP contribution in [0.5, 0.6) is 0 Å². The molecule has 0 aliphatic carbocycles. The van der Waals surface area contributed by atoms with Crippen molar-refractivity contribution in [3.05, 3.63) is 35.1 Å². The van der Waals surface area contributed by atoms with Crippen molar-refractivity contribution in [1.82, 2.24) is 5.32 Å². The van der Waals surface area contributed by atoms with Crippen molar-refractivity contribution in [3.8, 4) is 0 Å². The molecule has 0 spiro atoms. The minimum atomic E-state index is -4.84. The van der Waals surface area contributed by atoms with Gasteiger partial charge in [-0.05, 0) is 31.0 Å². The van der Waals surface area contributed by atoms with Crippen molar-refractivity contribution in [1.29, 1.82) is 0 Å². The summed E-state index contributed by atoms with van der Waals surface area (Å²) in [5, 5.41) is 12.2. The van der Waals surface area contributed by atoms with Crippen LogP contribution in [-0.4, -0.2) is 23.2 Å². The molecule has 0 bridgehead atoms. The van der Waals surface area contributed by atoms with Crippen LogP contribution in [-0.2, 0) is 6.18 Å². The summed E-state index contributed by atoms with van der Waals surface area (Å²) in [5.74, 6) is -2.29. The Balaban J connectivity index is 2.99. The minimum absolute atomic E-state index is 0.201. The third-order valence-corrected chi connectivity index (χ3v) is 3.38. The van der Waals surface area contributed by atoms with Gasteiger partial charge in [-0.25, -0.2) is 4.39 Å². The van der Waals surface area contributed by atoms with Crippen molar-refractivity contribution in [2.24, 2.45) is 5.92 Å². The van der Waals surface area contributed by atoms with E-state index in [-0.39, 0.29) is 18.5 Å². The van der Waals surface area contributed by atoms with E-state index in [1.165, 1.54) is 6.92 Å². The molecule has 1 unspecified atom stereocenters. The highest BCUT2D eigenvalue weighted by atomic mass is 19.4. The summed E-state index contributed by atoms with van der Waals surface area (Å²) in [6, 6.07) is 1.83. The van der Waals surface area contributed by atoms with E-state index in [1.807, 2.05) is 0 Å². The van der Waals surface area contributed by atoms with E-state index < -0.39 is 34.6 Å². The lowest BCUT2D eigenvalue weighted by Crippen LogP contribution is -2.44. The maximum absolute atomic E-state index is 13.0. The fourth-order valence-corrected chi connectivity index (χ4v) is 1.51. The fraction of sp³-hybridized carbons (Fsp3) is 0.500. The van der Waals surface area contributed by atoms with Crippen LogP contribution in [0.15, 0.2) is 18.2 Å². The highest BCUT2D eigenvalue weighted by molar-refractivity contribution is 5.95. The number of alkyl halides is 3. The van der Waals surface area contributed by atoms with Crippen LogP contribution in [0, 0.1) is 11.7 Å². The molecule has 3 nitrogen and oxygen atoms in total. The summed E-state index contributed by atoms with van der Waals surface area (Å²) in [4.78, 5) is 11.8. The molecule has 21 heavy (non-hydrogen) atoms. The Morgan fingerprint density at radius 2 is 1.90 bits per heavy atom. The molecule has 1 atom stereocenters. The van der Waals surface area contributed by atoms with Gasteiger partial charge >= 0.3 is 6.18 Å². The van der Waals surface area contributed by atoms with Gasteiger partial charge in [0.05, 0.1) is 16.7 Å². The smallest absolute Gasteiger partial charge is 0.388 e. The van der Waals surface area contributed by atoms with E-state index in [0.29, 0.717) is 0 Å². The Morgan fingerprint density at radius 1 is 1.33 bits per heavy atom. The van der Waals surface area contributed by atoms with Gasteiger partial charge in [-0.3, -0.25) is 4.79 Å². The number of carbonyl (C=O) groups is 1. The Bertz CT molecular complexity index is 524. The number of halogens is 4. The van der Waals surface area contributed by atoms with Crippen LogP contribution in [0.1, 0.15) is 36.7 Å². The zero-order valence-corrected chi connectivity index (χ0v) is 11.9. The maximum atomic E-state index is 13.0. The van der Waals surface area contributed by atoms with E-state index in [4.69, 9.17) is 0 Å². The second-order valence-corrected chi connectivity index (χ2v) is 5.38. The molecule has 0 radical (unpaired) electrons. The molecule has 1 aromatic rings. The number of amides is 1. The zero-order chi connectivity index (χ0) is 16.4. The van der Waals surface area contributed by atoms with Crippen LogP contribution >= 0.6 is 0 Å². The second-order valence-electron chi connectivity index (χ2n) is 5.38. The maximum Gasteiger partial charge on any atom is 0.417 e. The van der Waals surface area contributed by atoms with E-state index in [9.17, 15) is 27.5 Å². The average Bonchev–Trinajstić information content (AvgIpc) is 2.34. The molecule has 0 saturated heterocycles. The monoisotopic (exact) mass is 307 g/mol. The van der Waals surface area contributed by atoms with Crippen LogP contribution < -0.4 is 5.32 Å². The molecule has 0 aliphatic heterocycles. The number of hydrogen-bond acceptors (Lipinski definition) is 2. The van der Waals surface area contributed by atoms with Crippen LogP contribution in [0.2, 0.25) is 0 Å². The van der Waals surface area contributed by atoms with Gasteiger partial charge in [-0.1, -0.05) is 13.8 Å². The Labute approximate surface area is 120 Å². The summed E-state index contributed by atoms with van der Waals surface area (Å²) < 4.78 is 51.3. The number of rotatable bonds is 4. The summed E-state index contributed by atoms with van der Waals surface area (Å²) in [6.45, 7) is 4.68. The van der Waals surface area contributed by atoms with Gasteiger partial charge in [0.2, 0.25) is 0 Å². The highest BCUT2D eigenvalue weighted by Crippen LogP contribution is 2.32. The molecular weight excluding hydrogens is 290 g/mol. The quantitative estimate of drug-likeness (QED) is 0.840. The van der Waals surface area contributed by atoms with E-state index in [2.05, 4.69) is 5.32 Å². The highest BCUT2D eigenvalue weighted by Gasteiger charge is 2.36. The summed E-state index contributed by atoms with van der Waals surface area (Å²) in [6.07, 6.45) is -4.84. The number of aliphatic hydroxyl groups is 1. The summed E-state index contributed by atoms with van der Waals surface area (Å²) >= 11 is 0. The summed E-state index contributed by atoms with van der Waals surface area (Å²) in [5.41, 5.74) is -3.28. The SMILES string of the molecule is CC(C)C(C)(O)CNC(=O)c1ccc(F)cc1C(F)(F)F. The Morgan fingerprint density at radius 3 is 2.38 bits per heavy atom. The van der Waals surface area contributed by atoms with Gasteiger partial charge in [0.1, 0.15) is 5.82 Å². The van der Waals surface area contributed by atoms with Gasteiger partial charge < -0.3 is 10.4 Å². The topological polar surface area (TPSA) is 49.3 Å². The molecule has 7 heteroatoms. The predicted molar refractivity (Wildman–Crippen MR) is 69.2 cm³/mol. The van der Waals surface area contributed by atoms with Crippen LogP contribution in [0.3, 0.4) is 0 Å². The standard InChI is InChI=1S/C14H17F4NO2/c1-8(2)13(3,21)7-19-12(20)10-5-4-9(15)6-11(10)14(16,17)18/h4-6,8,21H,7H2,1-3H3,(H,19,20). The normalized spacial score (nSPS) is 14.9. The van der Waals surface area contributed by atoms with Crippen LogP contribution in [0.25, 0.3) is 0 Å². The predicted octanol–water partition coefficient (Wildman–Crippen LogP) is 2.98. The number of carbonyl (C=O) groups excluding carboxylic acids is 1. The van der Waals surface area contributed by atoms with Crippen molar-refractivity contribution < 1.29 is 27.5 Å². The Kier molecular flexibility index (Phi) is 4.99. The largest absolute Gasteiger partial charge is 0.417 e. The van der Waals surface area contributed by atoms with Crippen molar-refractivity contribution >= 4 is 5.91 Å². The second kappa shape index (κ2) is 6.01. The van der Waals surface area contributed by atoms with Gasteiger partial charge in [-0.2, -0.15) is 13.2 Å². The molecule has 0 heterocycles. The Hall–Kier alpha value is -1.63. The van der Waals surface area contributed by atoms with E-state index >= 15 is 0 Å². The molecule has 2 N–H and O–H groups in total. The first-order chi connectivity index (χ1) is 9.45. The average molecular weight is 307 g/mol. The minimum Gasteiger partial charge on any atom is -0.388 e. The van der Waals surface area contributed by atoms with E-state index in [0.717, 1.165) is 12.1 Å². The lowest BCUT2D eigenvalue weighted by atomic mass is 9.92.